The van der Waals surface area contributed by atoms with Gasteiger partial charge in [0.15, 0.2) is 5.75 Å². The zero-order valence-corrected chi connectivity index (χ0v) is 9.39. The largest absolute Gasteiger partial charge is 0.490 e. The fourth-order valence-electron chi connectivity index (χ4n) is 1.30. The number of benzene rings is 1. The Morgan fingerprint density at radius 1 is 1.44 bits per heavy atom. The Morgan fingerprint density at radius 2 is 2.06 bits per heavy atom. The molecule has 0 aliphatic carbocycles. The van der Waals surface area contributed by atoms with Crippen LogP contribution in [0, 0.1) is 10.1 Å². The zero-order chi connectivity index (χ0) is 12.3. The Hall–Kier alpha value is -1.91. The summed E-state index contributed by atoms with van der Waals surface area (Å²) in [4.78, 5) is 21.1. The van der Waals surface area contributed by atoms with Gasteiger partial charge in [-0.1, -0.05) is 6.07 Å². The number of carbonyl (C=O) groups excluding carboxylic acids is 1. The third kappa shape index (κ3) is 2.18. The molecule has 0 spiro atoms. The normalized spacial score (nSPS) is 10.9. The van der Waals surface area contributed by atoms with Gasteiger partial charge >= 0.3 is 5.69 Å². The lowest BCUT2D eigenvalue weighted by Crippen LogP contribution is -2.18. The number of nitro benzene ring substituents is 1. The summed E-state index contributed by atoms with van der Waals surface area (Å²) >= 11 is 0. The lowest BCUT2D eigenvalue weighted by Gasteiger charge is -2.17. The number of nitrogens with zero attached hydrogens (tertiary/aromatic N) is 1. The minimum atomic E-state index is -0.739. The number of aldehydes is 1. The Kier molecular flexibility index (Phi) is 3.27. The molecule has 0 amide bonds. The molecule has 0 N–H and O–H groups in total. The first-order valence-electron chi connectivity index (χ1n) is 4.71. The Balaban J connectivity index is 3.32. The molecular weight excluding hydrogens is 210 g/mol. The van der Waals surface area contributed by atoms with Gasteiger partial charge in [-0.05, 0) is 25.5 Å². The maximum Gasteiger partial charge on any atom is 0.311 e. The first kappa shape index (κ1) is 12.2. The van der Waals surface area contributed by atoms with E-state index in [-0.39, 0.29) is 11.4 Å². The van der Waals surface area contributed by atoms with Crippen molar-refractivity contribution < 1.29 is 14.5 Å². The Morgan fingerprint density at radius 3 is 2.50 bits per heavy atom. The summed E-state index contributed by atoms with van der Waals surface area (Å²) in [5.74, 6) is 0.190. The molecule has 5 nitrogen and oxygen atoms in total. The molecule has 0 saturated carbocycles. The molecule has 0 unspecified atom stereocenters. The number of ether oxygens (including phenoxy) is 1. The first-order valence-corrected chi connectivity index (χ1v) is 4.71. The number of methoxy groups -OCH3 is 1. The van der Waals surface area contributed by atoms with E-state index in [4.69, 9.17) is 4.74 Å². The van der Waals surface area contributed by atoms with Crippen LogP contribution in [0.4, 0.5) is 5.69 Å². The predicted octanol–water partition coefficient (Wildman–Crippen LogP) is 2.08. The van der Waals surface area contributed by atoms with Crippen molar-refractivity contribution >= 4 is 12.0 Å². The monoisotopic (exact) mass is 223 g/mol. The van der Waals surface area contributed by atoms with Gasteiger partial charge < -0.3 is 9.53 Å². The van der Waals surface area contributed by atoms with Crippen molar-refractivity contribution in [2.45, 2.75) is 19.3 Å². The molecule has 1 aromatic carbocycles. The summed E-state index contributed by atoms with van der Waals surface area (Å²) < 4.78 is 4.88. The topological polar surface area (TPSA) is 69.4 Å². The number of hydrogen-bond acceptors (Lipinski definition) is 4. The van der Waals surface area contributed by atoms with Crippen molar-refractivity contribution in [3.63, 3.8) is 0 Å². The molecule has 0 aliphatic heterocycles. The molecule has 0 fully saturated rings. The Bertz CT molecular complexity index is 426. The van der Waals surface area contributed by atoms with Crippen molar-refractivity contribution in [3.8, 4) is 5.75 Å². The minimum absolute atomic E-state index is 0.130. The highest BCUT2D eigenvalue weighted by Crippen LogP contribution is 2.31. The quantitative estimate of drug-likeness (QED) is 0.445. The molecule has 0 bridgehead atoms. The molecule has 0 aliphatic rings. The molecule has 0 atom stereocenters. The van der Waals surface area contributed by atoms with E-state index in [1.54, 1.807) is 19.9 Å². The maximum absolute atomic E-state index is 10.9. The highest BCUT2D eigenvalue weighted by molar-refractivity contribution is 5.68. The molecule has 0 heterocycles. The molecule has 1 rings (SSSR count). The summed E-state index contributed by atoms with van der Waals surface area (Å²) in [5.41, 5.74) is -0.276. The average Bonchev–Trinajstić information content (AvgIpc) is 2.28. The van der Waals surface area contributed by atoms with E-state index in [1.165, 1.54) is 19.2 Å². The zero-order valence-electron chi connectivity index (χ0n) is 9.39. The summed E-state index contributed by atoms with van der Waals surface area (Å²) in [6, 6.07) is 4.52. The van der Waals surface area contributed by atoms with Crippen LogP contribution in [0.15, 0.2) is 18.2 Å². The lowest BCUT2D eigenvalue weighted by atomic mass is 9.86. The van der Waals surface area contributed by atoms with E-state index in [9.17, 15) is 14.9 Å². The van der Waals surface area contributed by atoms with Crippen LogP contribution in [-0.4, -0.2) is 18.3 Å². The van der Waals surface area contributed by atoms with Gasteiger partial charge in [-0.25, -0.2) is 0 Å². The van der Waals surface area contributed by atoms with E-state index in [0.717, 1.165) is 6.29 Å². The van der Waals surface area contributed by atoms with Crippen LogP contribution in [-0.2, 0) is 10.2 Å². The molecule has 0 aromatic heterocycles. The van der Waals surface area contributed by atoms with Gasteiger partial charge in [0.05, 0.1) is 12.0 Å². The third-order valence-corrected chi connectivity index (χ3v) is 2.41. The molecule has 1 aromatic rings. The summed E-state index contributed by atoms with van der Waals surface area (Å²) in [6.07, 6.45) is 0.762. The summed E-state index contributed by atoms with van der Waals surface area (Å²) in [7, 11) is 1.37. The second-order valence-corrected chi connectivity index (χ2v) is 3.98. The standard InChI is InChI=1S/C11H13NO4/c1-11(2,7-13)8-4-5-10(16-3)9(6-8)12(14)15/h4-7H,1-3H3. The lowest BCUT2D eigenvalue weighted by molar-refractivity contribution is -0.385. The molecule has 16 heavy (non-hydrogen) atoms. The fraction of sp³-hybridized carbons (Fsp3) is 0.364. The average molecular weight is 223 g/mol. The van der Waals surface area contributed by atoms with Crippen LogP contribution >= 0.6 is 0 Å². The first-order chi connectivity index (χ1) is 7.42. The second-order valence-electron chi connectivity index (χ2n) is 3.98. The van der Waals surface area contributed by atoms with Gasteiger partial charge in [0.1, 0.15) is 6.29 Å². The Labute approximate surface area is 93.2 Å². The third-order valence-electron chi connectivity index (χ3n) is 2.41. The van der Waals surface area contributed by atoms with Crippen LogP contribution in [0.1, 0.15) is 19.4 Å². The summed E-state index contributed by atoms with van der Waals surface area (Å²) in [5, 5.41) is 10.8. The van der Waals surface area contributed by atoms with E-state index < -0.39 is 10.3 Å². The molecule has 0 saturated heterocycles. The number of rotatable bonds is 4. The smallest absolute Gasteiger partial charge is 0.311 e. The van der Waals surface area contributed by atoms with Gasteiger partial charge in [0.25, 0.3) is 0 Å². The second kappa shape index (κ2) is 4.30. The SMILES string of the molecule is COc1ccc(C(C)(C)C=O)cc1[N+](=O)[O-]. The van der Waals surface area contributed by atoms with E-state index in [2.05, 4.69) is 0 Å². The fourth-order valence-corrected chi connectivity index (χ4v) is 1.30. The molecule has 86 valence electrons. The van der Waals surface area contributed by atoms with E-state index in [0.29, 0.717) is 5.56 Å². The van der Waals surface area contributed by atoms with Crippen molar-refractivity contribution in [3.05, 3.63) is 33.9 Å². The molecule has 5 heteroatoms. The molecular formula is C11H13NO4. The maximum atomic E-state index is 10.9. The van der Waals surface area contributed by atoms with E-state index in [1.807, 2.05) is 0 Å². The van der Waals surface area contributed by atoms with Gasteiger partial charge in [-0.15, -0.1) is 0 Å². The summed E-state index contributed by atoms with van der Waals surface area (Å²) in [6.45, 7) is 3.40. The van der Waals surface area contributed by atoms with Crippen LogP contribution in [0.5, 0.6) is 5.75 Å². The van der Waals surface area contributed by atoms with Gasteiger partial charge in [0.2, 0.25) is 0 Å². The van der Waals surface area contributed by atoms with Crippen molar-refractivity contribution in [2.24, 2.45) is 0 Å². The number of carbonyl (C=O) groups is 1. The minimum Gasteiger partial charge on any atom is -0.490 e. The van der Waals surface area contributed by atoms with Crippen molar-refractivity contribution in [1.82, 2.24) is 0 Å². The van der Waals surface area contributed by atoms with Gasteiger partial charge in [0, 0.05) is 11.5 Å². The van der Waals surface area contributed by atoms with Crippen LogP contribution in [0.25, 0.3) is 0 Å². The van der Waals surface area contributed by atoms with Crippen LogP contribution in [0.2, 0.25) is 0 Å². The van der Waals surface area contributed by atoms with E-state index >= 15 is 0 Å². The van der Waals surface area contributed by atoms with Gasteiger partial charge in [-0.2, -0.15) is 0 Å². The van der Waals surface area contributed by atoms with Crippen LogP contribution in [0.3, 0.4) is 0 Å². The van der Waals surface area contributed by atoms with Crippen molar-refractivity contribution in [1.29, 1.82) is 0 Å². The predicted molar refractivity (Wildman–Crippen MR) is 58.7 cm³/mol. The van der Waals surface area contributed by atoms with Gasteiger partial charge in [-0.3, -0.25) is 10.1 Å². The highest BCUT2D eigenvalue weighted by atomic mass is 16.6. The molecule has 0 radical (unpaired) electrons. The highest BCUT2D eigenvalue weighted by Gasteiger charge is 2.24. The number of nitro groups is 1. The van der Waals surface area contributed by atoms with Crippen LogP contribution < -0.4 is 4.74 Å². The number of hydrogen-bond donors (Lipinski definition) is 0. The van der Waals surface area contributed by atoms with Crippen molar-refractivity contribution in [2.75, 3.05) is 7.11 Å².